The molecular weight excluding hydrogens is 286 g/mol. The second-order valence-electron chi connectivity index (χ2n) is 5.63. The number of aryl methyl sites for hydroxylation is 1. The molecule has 0 spiro atoms. The molecule has 23 heavy (non-hydrogen) atoms. The number of hydrogen-bond donors (Lipinski definition) is 1. The monoisotopic (exact) mass is 305 g/mol. The summed E-state index contributed by atoms with van der Waals surface area (Å²) in [5.41, 5.74) is 1.87. The van der Waals surface area contributed by atoms with Crippen molar-refractivity contribution in [2.75, 3.05) is 5.32 Å². The van der Waals surface area contributed by atoms with Crippen LogP contribution < -0.4 is 10.1 Å². The van der Waals surface area contributed by atoms with Crippen LogP contribution in [0.5, 0.6) is 5.75 Å². The number of nitrogens with one attached hydrogen (secondary N) is 1. The van der Waals surface area contributed by atoms with Crippen LogP contribution in [-0.4, -0.2) is 12.0 Å². The first-order valence-electron chi connectivity index (χ1n) is 7.65. The van der Waals surface area contributed by atoms with E-state index in [1.54, 1.807) is 6.92 Å². The third-order valence-corrected chi connectivity index (χ3v) is 3.69. The Morgan fingerprint density at radius 1 is 0.957 bits per heavy atom. The van der Waals surface area contributed by atoms with Gasteiger partial charge in [0.25, 0.3) is 5.91 Å². The Hall–Kier alpha value is -2.81. The first-order valence-corrected chi connectivity index (χ1v) is 7.65. The summed E-state index contributed by atoms with van der Waals surface area (Å²) in [6, 6.07) is 21.6. The SMILES string of the molecule is Cc1cccc(O[C@@H](C)C(=O)Nc2ccc3ccccc3c2)c1. The normalized spacial score (nSPS) is 11.9. The number of anilines is 1. The molecule has 0 unspecified atom stereocenters. The van der Waals surface area contributed by atoms with Gasteiger partial charge < -0.3 is 10.1 Å². The lowest BCUT2D eigenvalue weighted by atomic mass is 10.1. The van der Waals surface area contributed by atoms with Crippen molar-refractivity contribution < 1.29 is 9.53 Å². The van der Waals surface area contributed by atoms with E-state index < -0.39 is 6.10 Å². The Labute approximate surface area is 135 Å². The Morgan fingerprint density at radius 2 is 1.74 bits per heavy atom. The highest BCUT2D eigenvalue weighted by molar-refractivity contribution is 5.96. The zero-order valence-electron chi connectivity index (χ0n) is 13.2. The van der Waals surface area contributed by atoms with Crippen LogP contribution in [0.25, 0.3) is 10.8 Å². The minimum atomic E-state index is -0.566. The summed E-state index contributed by atoms with van der Waals surface area (Å²) in [6.07, 6.45) is -0.566. The van der Waals surface area contributed by atoms with Crippen molar-refractivity contribution in [2.45, 2.75) is 20.0 Å². The summed E-state index contributed by atoms with van der Waals surface area (Å²) in [6.45, 7) is 3.74. The molecule has 3 aromatic rings. The molecule has 0 aliphatic rings. The smallest absolute Gasteiger partial charge is 0.265 e. The second kappa shape index (κ2) is 6.53. The molecule has 3 heteroatoms. The van der Waals surface area contributed by atoms with Gasteiger partial charge in [0.15, 0.2) is 6.10 Å². The van der Waals surface area contributed by atoms with Crippen LogP contribution >= 0.6 is 0 Å². The van der Waals surface area contributed by atoms with Crippen LogP contribution in [-0.2, 0) is 4.79 Å². The number of amides is 1. The first kappa shape index (κ1) is 15.1. The molecular formula is C20H19NO2. The Morgan fingerprint density at radius 3 is 2.52 bits per heavy atom. The lowest BCUT2D eigenvalue weighted by Crippen LogP contribution is -2.30. The van der Waals surface area contributed by atoms with E-state index in [0.29, 0.717) is 5.75 Å². The van der Waals surface area contributed by atoms with Gasteiger partial charge in [-0.3, -0.25) is 4.79 Å². The molecule has 0 saturated carbocycles. The van der Waals surface area contributed by atoms with Gasteiger partial charge >= 0.3 is 0 Å². The zero-order chi connectivity index (χ0) is 16.2. The third kappa shape index (κ3) is 3.69. The molecule has 0 aliphatic heterocycles. The number of hydrogen-bond acceptors (Lipinski definition) is 2. The van der Waals surface area contributed by atoms with Gasteiger partial charge in [0.1, 0.15) is 5.75 Å². The zero-order valence-corrected chi connectivity index (χ0v) is 13.2. The maximum atomic E-state index is 12.3. The van der Waals surface area contributed by atoms with Crippen LogP contribution in [0, 0.1) is 6.92 Å². The van der Waals surface area contributed by atoms with Crippen molar-refractivity contribution in [1.29, 1.82) is 0 Å². The van der Waals surface area contributed by atoms with Gasteiger partial charge in [-0.15, -0.1) is 0 Å². The van der Waals surface area contributed by atoms with Crippen LogP contribution in [0.15, 0.2) is 66.7 Å². The van der Waals surface area contributed by atoms with Gasteiger partial charge in [0, 0.05) is 5.69 Å². The Kier molecular flexibility index (Phi) is 4.29. The Balaban J connectivity index is 1.69. The van der Waals surface area contributed by atoms with E-state index in [1.165, 1.54) is 0 Å². The maximum absolute atomic E-state index is 12.3. The number of carbonyl (C=O) groups excluding carboxylic acids is 1. The topological polar surface area (TPSA) is 38.3 Å². The average molecular weight is 305 g/mol. The fraction of sp³-hybridized carbons (Fsp3) is 0.150. The van der Waals surface area contributed by atoms with E-state index >= 15 is 0 Å². The van der Waals surface area contributed by atoms with Crippen LogP contribution in [0.1, 0.15) is 12.5 Å². The van der Waals surface area contributed by atoms with Gasteiger partial charge in [0.05, 0.1) is 0 Å². The summed E-state index contributed by atoms with van der Waals surface area (Å²) in [4.78, 5) is 12.3. The quantitative estimate of drug-likeness (QED) is 0.767. The molecule has 1 amide bonds. The van der Waals surface area contributed by atoms with E-state index in [2.05, 4.69) is 5.32 Å². The average Bonchev–Trinajstić information content (AvgIpc) is 2.54. The van der Waals surface area contributed by atoms with Crippen molar-refractivity contribution in [3.05, 3.63) is 72.3 Å². The predicted octanol–water partition coefficient (Wildman–Crippen LogP) is 4.55. The lowest BCUT2D eigenvalue weighted by molar-refractivity contribution is -0.122. The third-order valence-electron chi connectivity index (χ3n) is 3.69. The molecule has 1 atom stereocenters. The molecule has 0 aliphatic carbocycles. The summed E-state index contributed by atoms with van der Waals surface area (Å²) in [5, 5.41) is 5.15. The van der Waals surface area contributed by atoms with Crippen LogP contribution in [0.2, 0.25) is 0 Å². The van der Waals surface area contributed by atoms with Crippen molar-refractivity contribution in [3.8, 4) is 5.75 Å². The lowest BCUT2D eigenvalue weighted by Gasteiger charge is -2.15. The number of ether oxygens (including phenoxy) is 1. The minimum Gasteiger partial charge on any atom is -0.481 e. The van der Waals surface area contributed by atoms with Gasteiger partial charge in [-0.1, -0.05) is 42.5 Å². The molecule has 0 fully saturated rings. The van der Waals surface area contributed by atoms with Crippen LogP contribution in [0.4, 0.5) is 5.69 Å². The highest BCUT2D eigenvalue weighted by Crippen LogP contribution is 2.20. The van der Waals surface area contributed by atoms with Crippen molar-refractivity contribution in [2.24, 2.45) is 0 Å². The van der Waals surface area contributed by atoms with Gasteiger partial charge in [0.2, 0.25) is 0 Å². The Bertz CT molecular complexity index is 842. The summed E-state index contributed by atoms with van der Waals surface area (Å²) >= 11 is 0. The maximum Gasteiger partial charge on any atom is 0.265 e. The first-order chi connectivity index (χ1) is 11.1. The molecule has 0 heterocycles. The summed E-state index contributed by atoms with van der Waals surface area (Å²) < 4.78 is 5.70. The van der Waals surface area contributed by atoms with Gasteiger partial charge in [-0.05, 0) is 54.4 Å². The highest BCUT2D eigenvalue weighted by Gasteiger charge is 2.15. The van der Waals surface area contributed by atoms with Crippen molar-refractivity contribution in [1.82, 2.24) is 0 Å². The number of benzene rings is 3. The summed E-state index contributed by atoms with van der Waals surface area (Å²) in [5.74, 6) is 0.535. The van der Waals surface area contributed by atoms with Gasteiger partial charge in [-0.2, -0.15) is 0 Å². The summed E-state index contributed by atoms with van der Waals surface area (Å²) in [7, 11) is 0. The molecule has 3 aromatic carbocycles. The van der Waals surface area contributed by atoms with Crippen molar-refractivity contribution in [3.63, 3.8) is 0 Å². The van der Waals surface area contributed by atoms with E-state index in [4.69, 9.17) is 4.74 Å². The number of carbonyl (C=O) groups is 1. The molecule has 0 aromatic heterocycles. The second-order valence-corrected chi connectivity index (χ2v) is 5.63. The molecule has 0 saturated heterocycles. The fourth-order valence-electron chi connectivity index (χ4n) is 2.46. The predicted molar refractivity (Wildman–Crippen MR) is 93.8 cm³/mol. The van der Waals surface area contributed by atoms with Gasteiger partial charge in [-0.25, -0.2) is 0 Å². The molecule has 1 N–H and O–H groups in total. The minimum absolute atomic E-state index is 0.165. The molecule has 3 nitrogen and oxygen atoms in total. The molecule has 0 bridgehead atoms. The van der Waals surface area contributed by atoms with E-state index in [9.17, 15) is 4.79 Å². The van der Waals surface area contributed by atoms with E-state index in [1.807, 2.05) is 73.7 Å². The van der Waals surface area contributed by atoms with Crippen molar-refractivity contribution >= 4 is 22.4 Å². The van der Waals surface area contributed by atoms with Crippen LogP contribution in [0.3, 0.4) is 0 Å². The fourth-order valence-corrected chi connectivity index (χ4v) is 2.46. The molecule has 0 radical (unpaired) electrons. The largest absolute Gasteiger partial charge is 0.481 e. The van der Waals surface area contributed by atoms with E-state index in [0.717, 1.165) is 22.0 Å². The standard InChI is InChI=1S/C20H19NO2/c1-14-6-5-9-19(12-14)23-15(2)20(22)21-18-11-10-16-7-3-4-8-17(16)13-18/h3-13,15H,1-2H3,(H,21,22)/t15-/m0/s1. The molecule has 3 rings (SSSR count). The molecule has 116 valence electrons. The van der Waals surface area contributed by atoms with E-state index in [-0.39, 0.29) is 5.91 Å². The highest BCUT2D eigenvalue weighted by atomic mass is 16.5. The number of fused-ring (bicyclic) bond motifs is 1. The number of rotatable bonds is 4.